The van der Waals surface area contributed by atoms with Crippen molar-refractivity contribution >= 4 is 6.03 Å². The average molecular weight is 373 g/mol. The Morgan fingerprint density at radius 3 is 2.54 bits per heavy atom. The second-order valence-corrected chi connectivity index (χ2v) is 6.38. The number of carbonyl (C=O) groups is 1. The minimum atomic E-state index is -4.20. The van der Waals surface area contributed by atoms with Crippen molar-refractivity contribution in [2.75, 3.05) is 39.3 Å². The molecule has 0 aliphatic carbocycles. The lowest BCUT2D eigenvalue weighted by Gasteiger charge is -2.23. The average Bonchev–Trinajstić information content (AvgIpc) is 2.83. The van der Waals surface area contributed by atoms with Gasteiger partial charge in [-0.05, 0) is 30.5 Å². The number of hydrogen-bond acceptors (Lipinski definition) is 3. The van der Waals surface area contributed by atoms with E-state index in [1.54, 1.807) is 4.90 Å². The van der Waals surface area contributed by atoms with Gasteiger partial charge >= 0.3 is 12.2 Å². The predicted octanol–water partition coefficient (Wildman–Crippen LogP) is 3.26. The Labute approximate surface area is 152 Å². The number of carbonyl (C=O) groups excluding carboxylic acids is 1. The number of alkyl halides is 3. The van der Waals surface area contributed by atoms with Crippen LogP contribution in [0.1, 0.15) is 25.3 Å². The standard InChI is InChI=1S/C18H26F3N3O2/c1-2-12-26-16-6-4-15(5-7-16)13-22-17(25)24-9-3-8-23(10-11-24)14-18(19,20)21/h4-7H,2-3,8-14H2,1H3,(H,22,25). The Balaban J connectivity index is 1.77. The smallest absolute Gasteiger partial charge is 0.401 e. The molecule has 0 spiro atoms. The molecule has 5 nitrogen and oxygen atoms in total. The van der Waals surface area contributed by atoms with Crippen LogP contribution in [0.15, 0.2) is 24.3 Å². The first kappa shape index (κ1) is 20.4. The van der Waals surface area contributed by atoms with Crippen LogP contribution in [0.2, 0.25) is 0 Å². The molecule has 0 unspecified atom stereocenters. The number of amides is 2. The molecule has 8 heteroatoms. The van der Waals surface area contributed by atoms with Crippen molar-refractivity contribution in [1.82, 2.24) is 15.1 Å². The highest BCUT2D eigenvalue weighted by Gasteiger charge is 2.31. The lowest BCUT2D eigenvalue weighted by atomic mass is 10.2. The molecule has 2 amide bonds. The molecule has 1 aliphatic rings. The fraction of sp³-hybridized carbons (Fsp3) is 0.611. The van der Waals surface area contributed by atoms with E-state index in [2.05, 4.69) is 5.32 Å². The van der Waals surface area contributed by atoms with E-state index in [1.165, 1.54) is 4.90 Å². The first-order chi connectivity index (χ1) is 12.4. The number of benzene rings is 1. The third-order valence-corrected chi connectivity index (χ3v) is 4.12. The maximum absolute atomic E-state index is 12.5. The van der Waals surface area contributed by atoms with Crippen LogP contribution >= 0.6 is 0 Å². The second kappa shape index (κ2) is 9.66. The van der Waals surface area contributed by atoms with Crippen molar-refractivity contribution in [2.45, 2.75) is 32.5 Å². The lowest BCUT2D eigenvalue weighted by Crippen LogP contribution is -2.42. The van der Waals surface area contributed by atoms with E-state index < -0.39 is 12.7 Å². The summed E-state index contributed by atoms with van der Waals surface area (Å²) in [6, 6.07) is 7.25. The molecule has 0 bridgehead atoms. The van der Waals surface area contributed by atoms with E-state index in [0.29, 0.717) is 39.2 Å². The third-order valence-electron chi connectivity index (χ3n) is 4.12. The third kappa shape index (κ3) is 7.11. The van der Waals surface area contributed by atoms with Crippen molar-refractivity contribution in [3.8, 4) is 5.75 Å². The largest absolute Gasteiger partial charge is 0.494 e. The number of rotatable bonds is 6. The maximum atomic E-state index is 12.5. The summed E-state index contributed by atoms with van der Waals surface area (Å²) in [5, 5.41) is 2.83. The Morgan fingerprint density at radius 2 is 1.88 bits per heavy atom. The molecule has 1 saturated heterocycles. The molecule has 1 fully saturated rings. The molecular weight excluding hydrogens is 347 g/mol. The van der Waals surface area contributed by atoms with Crippen molar-refractivity contribution in [2.24, 2.45) is 0 Å². The maximum Gasteiger partial charge on any atom is 0.401 e. The molecular formula is C18H26F3N3O2. The normalized spacial score (nSPS) is 16.2. The Kier molecular flexibility index (Phi) is 7.56. The molecule has 1 heterocycles. The summed E-state index contributed by atoms with van der Waals surface area (Å²) in [5.41, 5.74) is 0.940. The number of halogens is 3. The molecule has 2 rings (SSSR count). The molecule has 0 atom stereocenters. The van der Waals surface area contributed by atoms with Crippen LogP contribution in [0.3, 0.4) is 0 Å². The van der Waals surface area contributed by atoms with Gasteiger partial charge in [0.2, 0.25) is 0 Å². The van der Waals surface area contributed by atoms with Gasteiger partial charge in [0.25, 0.3) is 0 Å². The number of nitrogens with zero attached hydrogens (tertiary/aromatic N) is 2. The van der Waals surface area contributed by atoms with Crippen LogP contribution in [-0.4, -0.2) is 61.3 Å². The van der Waals surface area contributed by atoms with E-state index in [0.717, 1.165) is 17.7 Å². The van der Waals surface area contributed by atoms with Gasteiger partial charge in [0, 0.05) is 32.7 Å². The van der Waals surface area contributed by atoms with Gasteiger partial charge in [-0.25, -0.2) is 4.79 Å². The Bertz CT molecular complexity index is 564. The minimum Gasteiger partial charge on any atom is -0.494 e. The Morgan fingerprint density at radius 1 is 1.15 bits per heavy atom. The van der Waals surface area contributed by atoms with E-state index >= 15 is 0 Å². The van der Waals surface area contributed by atoms with Crippen LogP contribution in [0.5, 0.6) is 5.75 Å². The van der Waals surface area contributed by atoms with Crippen molar-refractivity contribution < 1.29 is 22.7 Å². The highest BCUT2D eigenvalue weighted by molar-refractivity contribution is 5.74. The Hall–Kier alpha value is -1.96. The van der Waals surface area contributed by atoms with Crippen molar-refractivity contribution in [1.29, 1.82) is 0 Å². The van der Waals surface area contributed by atoms with Crippen LogP contribution in [0.4, 0.5) is 18.0 Å². The van der Waals surface area contributed by atoms with Gasteiger partial charge in [-0.1, -0.05) is 19.1 Å². The summed E-state index contributed by atoms with van der Waals surface area (Å²) in [6.07, 6.45) is -2.73. The molecule has 1 N–H and O–H groups in total. The van der Waals surface area contributed by atoms with E-state index in [4.69, 9.17) is 4.74 Å². The molecule has 1 aliphatic heterocycles. The van der Waals surface area contributed by atoms with Gasteiger partial charge in [0.05, 0.1) is 13.2 Å². The van der Waals surface area contributed by atoms with Gasteiger partial charge < -0.3 is 15.0 Å². The molecule has 146 valence electrons. The zero-order chi connectivity index (χ0) is 19.0. The fourth-order valence-electron chi connectivity index (χ4n) is 2.80. The topological polar surface area (TPSA) is 44.8 Å². The second-order valence-electron chi connectivity index (χ2n) is 6.38. The van der Waals surface area contributed by atoms with Gasteiger partial charge in [0.1, 0.15) is 5.75 Å². The lowest BCUT2D eigenvalue weighted by molar-refractivity contribution is -0.145. The summed E-state index contributed by atoms with van der Waals surface area (Å²) in [4.78, 5) is 15.2. The summed E-state index contributed by atoms with van der Waals surface area (Å²) in [7, 11) is 0. The van der Waals surface area contributed by atoms with Crippen molar-refractivity contribution in [3.05, 3.63) is 29.8 Å². The zero-order valence-corrected chi connectivity index (χ0v) is 15.0. The highest BCUT2D eigenvalue weighted by atomic mass is 19.4. The van der Waals surface area contributed by atoms with E-state index in [1.807, 2.05) is 31.2 Å². The summed E-state index contributed by atoms with van der Waals surface area (Å²) < 4.78 is 43.0. The first-order valence-electron chi connectivity index (χ1n) is 8.91. The predicted molar refractivity (Wildman–Crippen MR) is 93.1 cm³/mol. The van der Waals surface area contributed by atoms with Crippen LogP contribution in [0, 0.1) is 0 Å². The molecule has 1 aromatic rings. The summed E-state index contributed by atoms with van der Waals surface area (Å²) in [5.74, 6) is 0.791. The van der Waals surface area contributed by atoms with Crippen LogP contribution in [0.25, 0.3) is 0 Å². The number of urea groups is 1. The number of hydrogen-bond donors (Lipinski definition) is 1. The molecule has 0 radical (unpaired) electrons. The zero-order valence-electron chi connectivity index (χ0n) is 15.0. The molecule has 26 heavy (non-hydrogen) atoms. The number of ether oxygens (including phenoxy) is 1. The first-order valence-corrected chi connectivity index (χ1v) is 8.91. The van der Waals surface area contributed by atoms with Gasteiger partial charge in [-0.15, -0.1) is 0 Å². The summed E-state index contributed by atoms with van der Waals surface area (Å²) in [6.45, 7) is 3.49. The molecule has 0 aromatic heterocycles. The summed E-state index contributed by atoms with van der Waals surface area (Å²) >= 11 is 0. The van der Waals surface area contributed by atoms with Crippen LogP contribution < -0.4 is 10.1 Å². The number of nitrogens with one attached hydrogen (secondary N) is 1. The van der Waals surface area contributed by atoms with E-state index in [-0.39, 0.29) is 12.6 Å². The van der Waals surface area contributed by atoms with E-state index in [9.17, 15) is 18.0 Å². The quantitative estimate of drug-likeness (QED) is 0.833. The minimum absolute atomic E-state index is 0.233. The van der Waals surface area contributed by atoms with Gasteiger partial charge in [-0.2, -0.15) is 13.2 Å². The van der Waals surface area contributed by atoms with Crippen LogP contribution in [-0.2, 0) is 6.54 Å². The SMILES string of the molecule is CCCOc1ccc(CNC(=O)N2CCCN(CC(F)(F)F)CC2)cc1. The van der Waals surface area contributed by atoms with Gasteiger partial charge in [0.15, 0.2) is 0 Å². The van der Waals surface area contributed by atoms with Gasteiger partial charge in [-0.3, -0.25) is 4.90 Å². The van der Waals surface area contributed by atoms with Crippen molar-refractivity contribution in [3.63, 3.8) is 0 Å². The fourth-order valence-corrected chi connectivity index (χ4v) is 2.80. The molecule has 1 aromatic carbocycles. The molecule has 0 saturated carbocycles. The highest BCUT2D eigenvalue weighted by Crippen LogP contribution is 2.17. The monoisotopic (exact) mass is 373 g/mol.